The molecule has 0 saturated carbocycles. The molecule has 1 N–H and O–H groups in total. The third-order valence-corrected chi connectivity index (χ3v) is 6.02. The molecule has 2 aromatic rings. The maximum atomic E-state index is 12.5. The molecule has 0 bridgehead atoms. The molecule has 0 radical (unpaired) electrons. The number of hydrogen-bond acceptors (Lipinski definition) is 3. The van der Waals surface area contributed by atoms with Crippen molar-refractivity contribution in [1.82, 2.24) is 10.2 Å². The van der Waals surface area contributed by atoms with Crippen LogP contribution >= 0.6 is 23.4 Å². The molecule has 1 amide bonds. The molecule has 0 aromatic heterocycles. The van der Waals surface area contributed by atoms with E-state index < -0.39 is 0 Å². The standard InChI is InChI=1S/C21H25ClN2OS/c22-20-11-5-4-7-17(20)15-24-13-6-8-18(16-24)21(25)23-12-14-26-19-9-2-1-3-10-19/h1-5,7,9-11,18H,6,8,12-16H2,(H,23,25). The fourth-order valence-corrected chi connectivity index (χ4v) is 4.27. The van der Waals surface area contributed by atoms with Gasteiger partial charge in [0.05, 0.1) is 5.92 Å². The highest BCUT2D eigenvalue weighted by atomic mass is 35.5. The van der Waals surface area contributed by atoms with Crippen LogP contribution in [0, 0.1) is 5.92 Å². The molecule has 26 heavy (non-hydrogen) atoms. The number of hydrogen-bond donors (Lipinski definition) is 1. The van der Waals surface area contributed by atoms with Gasteiger partial charge in [-0.3, -0.25) is 9.69 Å². The third kappa shape index (κ3) is 5.76. The zero-order valence-corrected chi connectivity index (χ0v) is 16.4. The zero-order chi connectivity index (χ0) is 18.2. The molecule has 2 aromatic carbocycles. The Kier molecular flexibility index (Phi) is 7.42. The summed E-state index contributed by atoms with van der Waals surface area (Å²) in [6.45, 7) is 3.36. The molecule has 1 aliphatic heterocycles. The van der Waals surface area contributed by atoms with Crippen molar-refractivity contribution in [3.8, 4) is 0 Å². The van der Waals surface area contributed by atoms with Crippen LogP contribution in [0.2, 0.25) is 5.02 Å². The normalized spacial score (nSPS) is 17.8. The summed E-state index contributed by atoms with van der Waals surface area (Å²) < 4.78 is 0. The second-order valence-electron chi connectivity index (χ2n) is 6.62. The maximum absolute atomic E-state index is 12.5. The highest BCUT2D eigenvalue weighted by molar-refractivity contribution is 7.99. The van der Waals surface area contributed by atoms with E-state index in [1.165, 1.54) is 4.90 Å². The Morgan fingerprint density at radius 3 is 2.73 bits per heavy atom. The van der Waals surface area contributed by atoms with Crippen molar-refractivity contribution in [1.29, 1.82) is 0 Å². The summed E-state index contributed by atoms with van der Waals surface area (Å²) in [5, 5.41) is 3.91. The minimum atomic E-state index is 0.0768. The number of amides is 1. The Bertz CT molecular complexity index is 710. The summed E-state index contributed by atoms with van der Waals surface area (Å²) in [6, 6.07) is 18.2. The fourth-order valence-electron chi connectivity index (χ4n) is 3.28. The van der Waals surface area contributed by atoms with E-state index in [4.69, 9.17) is 11.6 Å². The summed E-state index contributed by atoms with van der Waals surface area (Å²) >= 11 is 8.04. The topological polar surface area (TPSA) is 32.3 Å². The largest absolute Gasteiger partial charge is 0.355 e. The number of carbonyl (C=O) groups excluding carboxylic acids is 1. The van der Waals surface area contributed by atoms with Crippen molar-refractivity contribution in [2.24, 2.45) is 5.92 Å². The van der Waals surface area contributed by atoms with Gasteiger partial charge in [-0.05, 0) is 43.1 Å². The molecule has 1 saturated heterocycles. The van der Waals surface area contributed by atoms with Crippen molar-refractivity contribution in [3.05, 3.63) is 65.2 Å². The monoisotopic (exact) mass is 388 g/mol. The lowest BCUT2D eigenvalue weighted by Gasteiger charge is -2.32. The van der Waals surface area contributed by atoms with Gasteiger partial charge in [-0.1, -0.05) is 48.0 Å². The number of halogens is 1. The first kappa shape index (κ1) is 19.3. The van der Waals surface area contributed by atoms with Crippen LogP contribution in [0.1, 0.15) is 18.4 Å². The van der Waals surface area contributed by atoms with E-state index in [9.17, 15) is 4.79 Å². The summed E-state index contributed by atoms with van der Waals surface area (Å²) in [4.78, 5) is 16.1. The first-order valence-corrected chi connectivity index (χ1v) is 10.5. The Morgan fingerprint density at radius 2 is 1.92 bits per heavy atom. The number of carbonyl (C=O) groups is 1. The molecular formula is C21H25ClN2OS. The molecule has 1 fully saturated rings. The van der Waals surface area contributed by atoms with Crippen LogP contribution in [0.15, 0.2) is 59.5 Å². The lowest BCUT2D eigenvalue weighted by Crippen LogP contribution is -2.43. The predicted molar refractivity (Wildman–Crippen MR) is 110 cm³/mol. The SMILES string of the molecule is O=C(NCCSc1ccccc1)C1CCCN(Cc2ccccc2Cl)C1. The van der Waals surface area contributed by atoms with E-state index in [1.807, 2.05) is 36.4 Å². The molecule has 1 heterocycles. The number of likely N-dealkylation sites (tertiary alicyclic amines) is 1. The number of benzene rings is 2. The lowest BCUT2D eigenvalue weighted by molar-refractivity contribution is -0.126. The number of nitrogens with one attached hydrogen (secondary N) is 1. The van der Waals surface area contributed by atoms with Gasteiger partial charge in [0.15, 0.2) is 0 Å². The van der Waals surface area contributed by atoms with Crippen molar-refractivity contribution < 1.29 is 4.79 Å². The number of rotatable bonds is 7. The molecule has 0 aliphatic carbocycles. The van der Waals surface area contributed by atoms with Crippen LogP contribution in [0.5, 0.6) is 0 Å². The van der Waals surface area contributed by atoms with Gasteiger partial charge in [-0.15, -0.1) is 11.8 Å². The predicted octanol–water partition coefficient (Wildman–Crippen LogP) is 4.46. The first-order chi connectivity index (χ1) is 12.7. The van der Waals surface area contributed by atoms with Crippen molar-refractivity contribution in [3.63, 3.8) is 0 Å². The van der Waals surface area contributed by atoms with Crippen molar-refractivity contribution in [2.75, 3.05) is 25.4 Å². The zero-order valence-electron chi connectivity index (χ0n) is 14.9. The van der Waals surface area contributed by atoms with E-state index in [1.54, 1.807) is 11.8 Å². The van der Waals surface area contributed by atoms with Gasteiger partial charge in [-0.2, -0.15) is 0 Å². The van der Waals surface area contributed by atoms with Crippen LogP contribution in [0.4, 0.5) is 0 Å². The fraction of sp³-hybridized carbons (Fsp3) is 0.381. The molecule has 1 unspecified atom stereocenters. The van der Waals surface area contributed by atoms with Gasteiger partial charge in [0.2, 0.25) is 5.91 Å². The van der Waals surface area contributed by atoms with Crippen LogP contribution in [-0.2, 0) is 11.3 Å². The van der Waals surface area contributed by atoms with Gasteiger partial charge < -0.3 is 5.32 Å². The smallest absolute Gasteiger partial charge is 0.224 e. The molecule has 3 nitrogen and oxygen atoms in total. The molecule has 1 atom stereocenters. The lowest BCUT2D eigenvalue weighted by atomic mass is 9.96. The van der Waals surface area contributed by atoms with E-state index in [0.29, 0.717) is 6.54 Å². The number of piperidine rings is 1. The van der Waals surface area contributed by atoms with Crippen molar-refractivity contribution in [2.45, 2.75) is 24.3 Å². The minimum absolute atomic E-state index is 0.0768. The van der Waals surface area contributed by atoms with E-state index >= 15 is 0 Å². The van der Waals surface area contributed by atoms with Gasteiger partial charge in [-0.25, -0.2) is 0 Å². The van der Waals surface area contributed by atoms with Gasteiger partial charge >= 0.3 is 0 Å². The van der Waals surface area contributed by atoms with Crippen LogP contribution in [0.25, 0.3) is 0 Å². The van der Waals surface area contributed by atoms with Crippen molar-refractivity contribution >= 4 is 29.3 Å². The first-order valence-electron chi connectivity index (χ1n) is 9.13. The molecule has 5 heteroatoms. The van der Waals surface area contributed by atoms with Gasteiger partial charge in [0.25, 0.3) is 0 Å². The summed E-state index contributed by atoms with van der Waals surface area (Å²) in [5.41, 5.74) is 1.13. The van der Waals surface area contributed by atoms with E-state index in [2.05, 4.69) is 28.4 Å². The second kappa shape index (κ2) is 10.0. The highest BCUT2D eigenvalue weighted by Crippen LogP contribution is 2.22. The minimum Gasteiger partial charge on any atom is -0.355 e. The van der Waals surface area contributed by atoms with Crippen LogP contribution < -0.4 is 5.32 Å². The third-order valence-electron chi connectivity index (χ3n) is 4.64. The Hall–Kier alpha value is -1.49. The van der Waals surface area contributed by atoms with Gasteiger partial charge in [0, 0.05) is 35.3 Å². The Balaban J connectivity index is 1.42. The average molecular weight is 389 g/mol. The second-order valence-corrected chi connectivity index (χ2v) is 8.19. The van der Waals surface area contributed by atoms with Gasteiger partial charge in [0.1, 0.15) is 0 Å². The summed E-state index contributed by atoms with van der Waals surface area (Å²) in [5.74, 6) is 1.15. The van der Waals surface area contributed by atoms with E-state index in [-0.39, 0.29) is 11.8 Å². The molecule has 0 spiro atoms. The summed E-state index contributed by atoms with van der Waals surface area (Å²) in [6.07, 6.45) is 2.03. The Labute approximate surface area is 165 Å². The quantitative estimate of drug-likeness (QED) is 0.561. The Morgan fingerprint density at radius 1 is 1.15 bits per heavy atom. The van der Waals surface area contributed by atoms with E-state index in [0.717, 1.165) is 48.8 Å². The molecule has 138 valence electrons. The average Bonchev–Trinajstić information content (AvgIpc) is 2.68. The van der Waals surface area contributed by atoms with Crippen LogP contribution in [-0.4, -0.2) is 36.2 Å². The highest BCUT2D eigenvalue weighted by Gasteiger charge is 2.25. The number of nitrogens with zero attached hydrogens (tertiary/aromatic N) is 1. The molecule has 1 aliphatic rings. The molecule has 3 rings (SSSR count). The number of thioether (sulfide) groups is 1. The maximum Gasteiger partial charge on any atom is 0.224 e. The van der Waals surface area contributed by atoms with Crippen LogP contribution in [0.3, 0.4) is 0 Å². The summed E-state index contributed by atoms with van der Waals surface area (Å²) in [7, 11) is 0. The molecular weight excluding hydrogens is 364 g/mol.